The summed E-state index contributed by atoms with van der Waals surface area (Å²) in [5.74, 6) is -0.119. The molecular formula is C12H13NO. The molecule has 1 aromatic rings. The van der Waals surface area contributed by atoms with Gasteiger partial charge in [0.15, 0.2) is 0 Å². The van der Waals surface area contributed by atoms with Crippen molar-refractivity contribution in [3.8, 4) is 0 Å². The Morgan fingerprint density at radius 1 is 1.21 bits per heavy atom. The van der Waals surface area contributed by atoms with E-state index in [-0.39, 0.29) is 11.3 Å². The van der Waals surface area contributed by atoms with Crippen LogP contribution in [-0.4, -0.2) is 12.1 Å². The highest BCUT2D eigenvalue weighted by atomic mass is 16.1. The lowest BCUT2D eigenvalue weighted by Crippen LogP contribution is -2.12. The molecule has 0 aromatic heterocycles. The smallest absolute Gasteiger partial charge is 0.267 e. The van der Waals surface area contributed by atoms with Crippen LogP contribution >= 0.6 is 0 Å². The van der Waals surface area contributed by atoms with Crippen LogP contribution in [0.2, 0.25) is 0 Å². The van der Waals surface area contributed by atoms with Crippen molar-refractivity contribution in [2.45, 2.75) is 26.2 Å². The molecule has 14 heavy (non-hydrogen) atoms. The van der Waals surface area contributed by atoms with E-state index in [0.717, 1.165) is 11.1 Å². The molecule has 0 N–H and O–H groups in total. The topological polar surface area (TPSA) is 29.4 Å². The summed E-state index contributed by atoms with van der Waals surface area (Å²) in [6, 6.07) is 5.97. The highest BCUT2D eigenvalue weighted by Gasteiger charge is 2.20. The Morgan fingerprint density at radius 3 is 2.57 bits per heavy atom. The fourth-order valence-electron chi connectivity index (χ4n) is 1.52. The van der Waals surface area contributed by atoms with Gasteiger partial charge in [-0.1, -0.05) is 32.9 Å². The standard InChI is InChI=1S/C12H13NO/c1-12(2,3)9-5-4-8-7-13-11(14)10(8)6-9/h4-7H,1-3H3. The van der Waals surface area contributed by atoms with Crippen molar-refractivity contribution in [2.75, 3.05) is 0 Å². The van der Waals surface area contributed by atoms with Crippen LogP contribution in [0.25, 0.3) is 0 Å². The first-order valence-corrected chi connectivity index (χ1v) is 4.71. The minimum atomic E-state index is -0.119. The summed E-state index contributed by atoms with van der Waals surface area (Å²) in [5.41, 5.74) is 2.92. The number of amides is 1. The zero-order valence-electron chi connectivity index (χ0n) is 8.66. The maximum Gasteiger partial charge on any atom is 0.277 e. The third-order valence-electron chi connectivity index (χ3n) is 2.47. The number of fused-ring (bicyclic) bond motifs is 1. The Kier molecular flexibility index (Phi) is 1.81. The molecule has 0 radical (unpaired) electrons. The quantitative estimate of drug-likeness (QED) is 0.613. The largest absolute Gasteiger partial charge is 0.277 e. The molecule has 1 heterocycles. The number of nitrogens with zero attached hydrogens (tertiary/aromatic N) is 1. The molecule has 2 rings (SSSR count). The molecular weight excluding hydrogens is 174 g/mol. The molecule has 0 saturated carbocycles. The van der Waals surface area contributed by atoms with Crippen LogP contribution in [0.4, 0.5) is 0 Å². The van der Waals surface area contributed by atoms with Gasteiger partial charge >= 0.3 is 0 Å². The molecule has 0 aliphatic carbocycles. The van der Waals surface area contributed by atoms with Crippen molar-refractivity contribution in [1.29, 1.82) is 0 Å². The van der Waals surface area contributed by atoms with Crippen LogP contribution in [0.1, 0.15) is 42.3 Å². The molecule has 1 aliphatic heterocycles. The first-order valence-electron chi connectivity index (χ1n) is 4.71. The lowest BCUT2D eigenvalue weighted by Gasteiger charge is -2.19. The van der Waals surface area contributed by atoms with Crippen LogP contribution in [0, 0.1) is 0 Å². The minimum absolute atomic E-state index is 0.0812. The average Bonchev–Trinajstić information content (AvgIpc) is 2.46. The second-order valence-corrected chi connectivity index (χ2v) is 4.62. The summed E-state index contributed by atoms with van der Waals surface area (Å²) in [6.45, 7) is 6.40. The fraction of sp³-hybridized carbons (Fsp3) is 0.333. The van der Waals surface area contributed by atoms with Gasteiger partial charge in [0.25, 0.3) is 5.91 Å². The SMILES string of the molecule is CC(C)(C)c1ccc2c(c1)C(=O)N=C2. The molecule has 0 bridgehead atoms. The van der Waals surface area contributed by atoms with E-state index in [1.807, 2.05) is 12.1 Å². The summed E-state index contributed by atoms with van der Waals surface area (Å²) in [6.07, 6.45) is 1.63. The number of carbonyl (C=O) groups is 1. The molecule has 1 aliphatic rings. The third kappa shape index (κ3) is 1.37. The van der Waals surface area contributed by atoms with Gasteiger partial charge in [-0.3, -0.25) is 4.79 Å². The average molecular weight is 187 g/mol. The molecule has 1 aromatic carbocycles. The number of carbonyl (C=O) groups excluding carboxylic acids is 1. The van der Waals surface area contributed by atoms with Crippen LogP contribution in [0.15, 0.2) is 23.2 Å². The summed E-state index contributed by atoms with van der Waals surface area (Å²) in [4.78, 5) is 15.1. The van der Waals surface area contributed by atoms with Gasteiger partial charge in [0, 0.05) is 11.8 Å². The molecule has 0 fully saturated rings. The number of hydrogen-bond donors (Lipinski definition) is 0. The summed E-state index contributed by atoms with van der Waals surface area (Å²) in [5, 5.41) is 0. The van der Waals surface area contributed by atoms with Gasteiger partial charge in [-0.25, -0.2) is 4.99 Å². The van der Waals surface area contributed by atoms with E-state index in [4.69, 9.17) is 0 Å². The number of hydrogen-bond acceptors (Lipinski definition) is 1. The molecule has 0 spiro atoms. The third-order valence-corrected chi connectivity index (χ3v) is 2.47. The van der Waals surface area contributed by atoms with Gasteiger partial charge in [0.1, 0.15) is 0 Å². The van der Waals surface area contributed by atoms with E-state index >= 15 is 0 Å². The van der Waals surface area contributed by atoms with Crippen LogP contribution in [-0.2, 0) is 5.41 Å². The Balaban J connectivity index is 2.53. The van der Waals surface area contributed by atoms with Gasteiger partial charge in [0.2, 0.25) is 0 Å². The van der Waals surface area contributed by atoms with E-state index in [1.54, 1.807) is 6.21 Å². The second kappa shape index (κ2) is 2.77. The van der Waals surface area contributed by atoms with Crippen molar-refractivity contribution in [1.82, 2.24) is 0 Å². The molecule has 2 heteroatoms. The van der Waals surface area contributed by atoms with Crippen molar-refractivity contribution in [3.63, 3.8) is 0 Å². The highest BCUT2D eigenvalue weighted by Crippen LogP contribution is 2.25. The van der Waals surface area contributed by atoms with Gasteiger partial charge in [-0.15, -0.1) is 0 Å². The maximum absolute atomic E-state index is 11.3. The summed E-state index contributed by atoms with van der Waals surface area (Å²) >= 11 is 0. The predicted molar refractivity (Wildman–Crippen MR) is 57.1 cm³/mol. The minimum Gasteiger partial charge on any atom is -0.267 e. The zero-order valence-corrected chi connectivity index (χ0v) is 8.66. The van der Waals surface area contributed by atoms with Crippen LogP contribution in [0.5, 0.6) is 0 Å². The zero-order chi connectivity index (χ0) is 10.3. The van der Waals surface area contributed by atoms with E-state index in [9.17, 15) is 4.79 Å². The van der Waals surface area contributed by atoms with Gasteiger partial charge < -0.3 is 0 Å². The van der Waals surface area contributed by atoms with Gasteiger partial charge in [0.05, 0.1) is 5.56 Å². The monoisotopic (exact) mass is 187 g/mol. The molecule has 1 amide bonds. The lowest BCUT2D eigenvalue weighted by atomic mass is 9.85. The molecule has 0 unspecified atom stereocenters. The molecule has 0 saturated heterocycles. The second-order valence-electron chi connectivity index (χ2n) is 4.62. The highest BCUT2D eigenvalue weighted by molar-refractivity contribution is 6.12. The molecule has 72 valence electrons. The maximum atomic E-state index is 11.3. The van der Waals surface area contributed by atoms with E-state index in [2.05, 4.69) is 31.8 Å². The first-order chi connectivity index (χ1) is 6.48. The fourth-order valence-corrected chi connectivity index (χ4v) is 1.52. The Bertz CT molecular complexity index is 424. The first kappa shape index (κ1) is 9.13. The van der Waals surface area contributed by atoms with Crippen LogP contribution < -0.4 is 0 Å². The van der Waals surface area contributed by atoms with E-state index < -0.39 is 0 Å². The van der Waals surface area contributed by atoms with Crippen LogP contribution in [0.3, 0.4) is 0 Å². The van der Waals surface area contributed by atoms with Gasteiger partial charge in [-0.05, 0) is 17.0 Å². The van der Waals surface area contributed by atoms with Crippen molar-refractivity contribution in [2.24, 2.45) is 4.99 Å². The van der Waals surface area contributed by atoms with Crippen molar-refractivity contribution in [3.05, 3.63) is 34.9 Å². The Morgan fingerprint density at radius 2 is 1.93 bits per heavy atom. The Hall–Kier alpha value is -1.44. The molecule has 2 nitrogen and oxygen atoms in total. The van der Waals surface area contributed by atoms with Gasteiger partial charge in [-0.2, -0.15) is 0 Å². The van der Waals surface area contributed by atoms with Crippen molar-refractivity contribution < 1.29 is 4.79 Å². The number of benzene rings is 1. The lowest BCUT2D eigenvalue weighted by molar-refractivity contribution is 0.101. The summed E-state index contributed by atoms with van der Waals surface area (Å²) < 4.78 is 0. The normalized spacial score (nSPS) is 14.6. The van der Waals surface area contributed by atoms with E-state index in [0.29, 0.717) is 0 Å². The van der Waals surface area contributed by atoms with E-state index in [1.165, 1.54) is 5.56 Å². The van der Waals surface area contributed by atoms with Crippen molar-refractivity contribution >= 4 is 12.1 Å². The number of aliphatic imine (C=N–C) groups is 1. The number of rotatable bonds is 0. The predicted octanol–water partition coefficient (Wildman–Crippen LogP) is 2.56. The molecule has 0 atom stereocenters. The Labute approximate surface area is 83.7 Å². The summed E-state index contributed by atoms with van der Waals surface area (Å²) in [7, 11) is 0.